The molecule has 7 saturated carbocycles. The molecule has 7 aliphatic carbocycles. The van der Waals surface area contributed by atoms with Gasteiger partial charge in [-0.2, -0.15) is 111 Å². The number of carboxylic acids is 3. The maximum Gasteiger partial charge on any atom is 0.394 e. The summed E-state index contributed by atoms with van der Waals surface area (Å²) in [5, 5.41) is 51.0. The van der Waals surface area contributed by atoms with E-state index in [1.165, 1.54) is 35.1 Å². The Bertz CT molecular complexity index is 4200. The first-order chi connectivity index (χ1) is 52.8. The smallest absolute Gasteiger partial charge is 0.394 e. The van der Waals surface area contributed by atoms with Gasteiger partial charge in [0.1, 0.15) is 0 Å². The topological polar surface area (TPSA) is 412 Å². The molecule has 0 spiro atoms. The molecule has 16 atom stereocenters. The van der Waals surface area contributed by atoms with Crippen molar-refractivity contribution in [3.63, 3.8) is 0 Å². The monoisotopic (exact) mass is 1850 g/mol. The third-order valence-electron chi connectivity index (χ3n) is 20.0. The molecule has 0 radical (unpaired) electrons. The van der Waals surface area contributed by atoms with Crippen molar-refractivity contribution in [3.8, 4) is 0 Å². The van der Waals surface area contributed by atoms with Gasteiger partial charge in [0.25, 0.3) is 0 Å². The van der Waals surface area contributed by atoms with E-state index in [0.29, 0.717) is 11.8 Å². The normalized spacial score (nSPS) is 21.9. The molecule has 15 N–H and O–H groups in total. The molecule has 16 rings (SSSR count). The summed E-state index contributed by atoms with van der Waals surface area (Å²) in [5.74, 6) is 2.24. The molecule has 0 aromatic heterocycles. The van der Waals surface area contributed by atoms with E-state index in [-0.39, 0.29) is 204 Å². The predicted octanol–water partition coefficient (Wildman–Crippen LogP) is 14.7. The van der Waals surface area contributed by atoms with Crippen LogP contribution in [0.25, 0.3) is 0 Å². The number of halogens is 2. The molecule has 33 heteroatoms. The molecule has 0 saturated heterocycles. The Labute approximate surface area is 759 Å². The van der Waals surface area contributed by atoms with Gasteiger partial charge in [-0.05, 0) is 161 Å². The van der Waals surface area contributed by atoms with Gasteiger partial charge >= 0.3 is 38.7 Å². The molecule has 7 aliphatic rings. The summed E-state index contributed by atoms with van der Waals surface area (Å²) < 4.78 is 63.2. The molecule has 0 bridgehead atoms. The summed E-state index contributed by atoms with van der Waals surface area (Å²) in [5.41, 5.74) is 21.8. The highest BCUT2D eigenvalue weighted by atomic mass is 35.5. The summed E-state index contributed by atoms with van der Waals surface area (Å²) in [7, 11) is -9.33. The highest BCUT2D eigenvalue weighted by molar-refractivity contribution is 7.80. The minimum atomic E-state index is -4.67. The van der Waals surface area contributed by atoms with E-state index in [0.717, 1.165) is 96.7 Å². The second-order valence-corrected chi connectivity index (χ2v) is 29.8. The third kappa shape index (κ3) is 41.1. The largest absolute Gasteiger partial charge is 0.481 e. The summed E-state index contributed by atoms with van der Waals surface area (Å²) >= 11 is 0. The molecular weight excluding hydrogens is 1740 g/mol. The fourth-order valence-electron chi connectivity index (χ4n) is 13.3. The maximum absolute atomic E-state index is 12.3. The quantitative estimate of drug-likeness (QED) is 0.0315. The highest BCUT2D eigenvalue weighted by Gasteiger charge is 2.48. The number of amides is 2. The lowest BCUT2D eigenvalue weighted by molar-refractivity contribution is -0.139. The van der Waals surface area contributed by atoms with E-state index in [4.69, 9.17) is 61.8 Å². The van der Waals surface area contributed by atoms with Gasteiger partial charge < -0.3 is 47.6 Å². The Morgan fingerprint density at radius 1 is 0.294 bits per heavy atom. The summed E-state index contributed by atoms with van der Waals surface area (Å²) in [4.78, 5) is 56.3. The van der Waals surface area contributed by atoms with Crippen LogP contribution in [0.4, 0.5) is 0 Å². The summed E-state index contributed by atoms with van der Waals surface area (Å²) in [6, 6.07) is 89.6. The van der Waals surface area contributed by atoms with Crippen molar-refractivity contribution in [2.45, 2.75) is 98.5 Å². The second-order valence-electron chi connectivity index (χ2n) is 28.0. The van der Waals surface area contributed by atoms with E-state index < -0.39 is 38.7 Å². The molecule has 9 aromatic carbocycles. The van der Waals surface area contributed by atoms with Gasteiger partial charge in [-0.15, -0.1) is 24.8 Å². The Kier molecular flexibility index (Phi) is 54.9. The number of aliphatic hydroxyl groups excluding tert-OH is 2. The zero-order valence-corrected chi connectivity index (χ0v) is 75.2. The van der Waals surface area contributed by atoms with Gasteiger partial charge in [0.2, 0.25) is 11.8 Å². The lowest BCUT2D eigenvalue weighted by atomic mass is 10.1. The van der Waals surface area contributed by atoms with E-state index in [2.05, 4.69) is 95.6 Å². The number of nitrogens with one attached hydrogen (secondary N) is 2. The number of carbonyl (C=O) groups excluding carboxylic acids is 2. The number of hydrogen-bond donors (Lipinski definition) is 13. The molecule has 2 amide bonds. The molecule has 22 nitrogen and oxygen atoms in total. The fraction of sp³-hybridized carbons (Fsp3) is 0.314. The first-order valence-corrected chi connectivity index (χ1v) is 39.3. The van der Waals surface area contributed by atoms with Crippen molar-refractivity contribution in [2.24, 2.45) is 52.9 Å². The average molecular weight is 1850 g/mol. The molecule has 0 aliphatic heterocycles. The molecule has 0 heterocycles. The molecule has 119 heavy (non-hydrogen) atoms. The average Bonchev–Trinajstić information content (AvgIpc) is 1.68. The number of carbonyl (C=O) groups is 5. The van der Waals surface area contributed by atoms with E-state index in [1.807, 2.05) is 188 Å². The summed E-state index contributed by atoms with van der Waals surface area (Å²) in [6.07, 6.45) is 6.78. The van der Waals surface area contributed by atoms with Crippen molar-refractivity contribution in [3.05, 3.63) is 323 Å². The van der Waals surface area contributed by atoms with Crippen LogP contribution in [0.15, 0.2) is 273 Å². The third-order valence-corrected chi connectivity index (χ3v) is 20.0. The van der Waals surface area contributed by atoms with Gasteiger partial charge in [0.05, 0.1) is 43.1 Å². The SMILES string of the molecule is Cl.Cl.NC[C@@H]1C[C@H]1c1ccccc1.NC[C@H]1C[C@@H]1c1ccccc1.O=C(N[C@@H](CO)c1ccccc1)[C@@H]1C[C@H]1c1ccccc1.O=C(N[C@@H](CO)c1ccccc1)[C@H]1C[C@@H]1c1ccccc1.O=C(O)C1CC1c1ccccc1.O=C(O)[C@@H]1C[C@H]1c1ccccc1.O=C(O)[C@H]1C[C@@H]1c1ccccc1.O=S(=O)(O)O.O=S(=O)(O)O.S.S.S.S.S.S.S. The minimum Gasteiger partial charge on any atom is -0.481 e. The zero-order valence-electron chi connectivity index (χ0n) is 65.0. The summed E-state index contributed by atoms with van der Waals surface area (Å²) in [6.45, 7) is 1.52. The van der Waals surface area contributed by atoms with Crippen molar-refractivity contribution < 1.29 is 84.6 Å². The van der Waals surface area contributed by atoms with Crippen molar-refractivity contribution in [1.29, 1.82) is 0 Å². The van der Waals surface area contributed by atoms with Gasteiger partial charge in [-0.1, -0.05) is 273 Å². The van der Waals surface area contributed by atoms with Crippen molar-refractivity contribution in [1.82, 2.24) is 10.6 Å². The van der Waals surface area contributed by atoms with Gasteiger partial charge in [0, 0.05) is 11.8 Å². The molecule has 7 fully saturated rings. The molecular formula is C86H114Cl2N4O18S9. The fourth-order valence-corrected chi connectivity index (χ4v) is 13.3. The lowest BCUT2D eigenvalue weighted by Gasteiger charge is -2.16. The number of rotatable bonds is 20. The number of aliphatic hydroxyl groups is 2. The van der Waals surface area contributed by atoms with E-state index in [9.17, 15) is 34.2 Å². The van der Waals surface area contributed by atoms with Crippen LogP contribution in [0.1, 0.15) is 149 Å². The Morgan fingerprint density at radius 2 is 0.454 bits per heavy atom. The van der Waals surface area contributed by atoms with Crippen LogP contribution in [0.3, 0.4) is 0 Å². The van der Waals surface area contributed by atoms with Crippen LogP contribution in [0.2, 0.25) is 0 Å². The van der Waals surface area contributed by atoms with Gasteiger partial charge in [0.15, 0.2) is 0 Å². The number of carboxylic acid groups (broad SMARTS) is 3. The van der Waals surface area contributed by atoms with Crippen LogP contribution in [-0.4, -0.2) is 117 Å². The first kappa shape index (κ1) is 114. The Morgan fingerprint density at radius 3 is 0.605 bits per heavy atom. The number of nitrogens with two attached hydrogens (primary N) is 2. The van der Waals surface area contributed by atoms with Crippen LogP contribution in [0, 0.1) is 41.4 Å². The van der Waals surface area contributed by atoms with Crippen LogP contribution >= 0.6 is 119 Å². The lowest BCUT2D eigenvalue weighted by Crippen LogP contribution is -2.32. The zero-order chi connectivity index (χ0) is 79.3. The van der Waals surface area contributed by atoms with E-state index >= 15 is 0 Å². The van der Waals surface area contributed by atoms with Crippen LogP contribution in [-0.2, 0) is 44.8 Å². The van der Waals surface area contributed by atoms with Crippen LogP contribution in [0.5, 0.6) is 0 Å². The molecule has 9 aromatic rings. The Hall–Kier alpha value is -7.06. The van der Waals surface area contributed by atoms with Crippen LogP contribution < -0.4 is 22.1 Å². The van der Waals surface area contributed by atoms with E-state index in [1.54, 1.807) is 0 Å². The van der Waals surface area contributed by atoms with Crippen molar-refractivity contribution >= 4 is 170 Å². The number of benzene rings is 9. The number of aliphatic carboxylic acids is 3. The minimum absolute atomic E-state index is 0. The first-order valence-electron chi connectivity index (χ1n) is 36.5. The number of hydrogen-bond acceptors (Lipinski definition) is 13. The Balaban J connectivity index is 0. The predicted molar refractivity (Wildman–Crippen MR) is 506 cm³/mol. The maximum atomic E-state index is 12.3. The highest BCUT2D eigenvalue weighted by Crippen LogP contribution is 2.52. The van der Waals surface area contributed by atoms with Gasteiger partial charge in [-0.25, -0.2) is 0 Å². The van der Waals surface area contributed by atoms with Crippen molar-refractivity contribution in [2.75, 3.05) is 26.3 Å². The molecule has 654 valence electrons. The molecule has 2 unspecified atom stereocenters. The van der Waals surface area contributed by atoms with Gasteiger partial charge in [-0.3, -0.25) is 42.2 Å². The second kappa shape index (κ2) is 57.3. The standard InChI is InChI=1S/2C18H19NO2.2C10H13N.3C10H10O2.2ClH.2H2O4S.7H2S/c2*20-12-17(14-9-5-2-6-10-14)19-18(21)16-11-15(16)13-7-3-1-4-8-13;2*11-7-9-6-10(9)8-4-2-1-3-5-8;3*11-10(12)9-6-8(9)7-4-2-1-3-5-7;;;2*1-5(2,3)4;;;;;;;/h2*1-10,15-17,20H,11-12H2,(H,19,21);2*1-5,9-10H,6-7,11H2;3*1-5,8-9H,6H2,(H,11,12);2*1H;2*(H2,1,2,3,4);7*1H2/t15-,16+,17+;15-,16+,17-;2*9-,10-;2*8-,9+;;;;;;;;;;;;/m101010............/s1.